The lowest BCUT2D eigenvalue weighted by atomic mass is 9.93. The number of fused-ring (bicyclic) bond motifs is 3. The first-order valence-corrected chi connectivity index (χ1v) is 14.6. The molecular weight excluding hydrogens is 591 g/mol. The van der Waals surface area contributed by atoms with E-state index in [2.05, 4.69) is 66.4 Å². The molecular formula is C31H26F3N7O2S. The number of allylic oxidation sites excluding steroid dienone is 1. The van der Waals surface area contributed by atoms with Gasteiger partial charge in [-0.2, -0.15) is 10.1 Å². The number of carbonyl (C=O) groups excluding carboxylic acids is 1. The Labute approximate surface area is 255 Å². The molecule has 224 valence electrons. The van der Waals surface area contributed by atoms with Gasteiger partial charge in [0.2, 0.25) is 0 Å². The van der Waals surface area contributed by atoms with Crippen LogP contribution in [-0.4, -0.2) is 43.8 Å². The van der Waals surface area contributed by atoms with Crippen LogP contribution in [0.25, 0.3) is 17.1 Å². The third kappa shape index (κ3) is 6.23. The van der Waals surface area contributed by atoms with Gasteiger partial charge in [-0.25, -0.2) is 19.9 Å². The maximum Gasteiger partial charge on any atom is 0.573 e. The van der Waals surface area contributed by atoms with Crippen LogP contribution in [0, 0.1) is 6.92 Å². The second kappa shape index (κ2) is 11.6. The highest BCUT2D eigenvalue weighted by Crippen LogP contribution is 2.43. The van der Waals surface area contributed by atoms with E-state index >= 15 is 0 Å². The summed E-state index contributed by atoms with van der Waals surface area (Å²) in [5.74, 6) is 1.14. The van der Waals surface area contributed by atoms with Crippen LogP contribution in [0.5, 0.6) is 5.75 Å². The number of anilines is 1. The number of carbonyl (C=O) groups is 1. The zero-order chi connectivity index (χ0) is 31.0. The van der Waals surface area contributed by atoms with Crippen molar-refractivity contribution in [3.8, 4) is 22.8 Å². The van der Waals surface area contributed by atoms with E-state index in [0.29, 0.717) is 28.3 Å². The maximum absolute atomic E-state index is 12.7. The molecule has 2 aliphatic heterocycles. The minimum absolute atomic E-state index is 0.290. The quantitative estimate of drug-likeness (QED) is 0.188. The molecule has 3 aromatic carbocycles. The lowest BCUT2D eigenvalue weighted by molar-refractivity contribution is -0.274. The summed E-state index contributed by atoms with van der Waals surface area (Å²) in [5.41, 5.74) is 9.65. The van der Waals surface area contributed by atoms with Gasteiger partial charge in [-0.3, -0.25) is 4.90 Å². The van der Waals surface area contributed by atoms with Gasteiger partial charge < -0.3 is 4.74 Å². The second-order valence-corrected chi connectivity index (χ2v) is 11.2. The number of hydrazone groups is 1. The highest BCUT2D eigenvalue weighted by Gasteiger charge is 2.33. The number of amidine groups is 1. The first-order valence-electron chi connectivity index (χ1n) is 13.6. The van der Waals surface area contributed by atoms with E-state index < -0.39 is 12.4 Å². The number of halogens is 3. The molecule has 1 saturated heterocycles. The zero-order valence-corrected chi connectivity index (χ0v) is 24.6. The maximum atomic E-state index is 12.7. The number of aromatic nitrogens is 3. The number of aliphatic imine (C=N–C) groups is 1. The van der Waals surface area contributed by atoms with Crippen LogP contribution in [0.2, 0.25) is 0 Å². The van der Waals surface area contributed by atoms with Crippen LogP contribution >= 0.6 is 11.8 Å². The van der Waals surface area contributed by atoms with E-state index in [1.54, 1.807) is 6.92 Å². The summed E-state index contributed by atoms with van der Waals surface area (Å²) in [6, 6.07) is 18.4. The number of hydrogen-bond acceptors (Lipinski definition) is 6. The standard InChI is InChI=1S/C31H26F3N7O2S/c1-18-4-13-26-19(2)15-24-16-44-30(41(24)27(26)14-18)36-29(42)38-37-20(3)21-5-7-22(8-6-21)28-35-17-40(39-28)23-9-11-25(12-10-23)43-31(32,33)34/h4-15,17,19H,16H2,1-3H3,(H,38,42)/b36-30-,37-20+. The van der Waals surface area contributed by atoms with E-state index in [0.717, 1.165) is 33.8 Å². The normalized spacial score (nSPS) is 17.3. The van der Waals surface area contributed by atoms with Crippen molar-refractivity contribution in [1.82, 2.24) is 20.2 Å². The molecule has 6 rings (SSSR count). The van der Waals surface area contributed by atoms with E-state index in [1.807, 2.05) is 31.2 Å². The van der Waals surface area contributed by atoms with Crippen LogP contribution in [0.15, 0.2) is 94.9 Å². The van der Waals surface area contributed by atoms with E-state index in [-0.39, 0.29) is 5.75 Å². The molecule has 0 bridgehead atoms. The summed E-state index contributed by atoms with van der Waals surface area (Å²) >= 11 is 1.52. The van der Waals surface area contributed by atoms with E-state index in [4.69, 9.17) is 0 Å². The number of aryl methyl sites for hydroxylation is 1. The van der Waals surface area contributed by atoms with Gasteiger partial charge in [0, 0.05) is 22.9 Å². The van der Waals surface area contributed by atoms with E-state index in [1.165, 1.54) is 52.6 Å². The van der Waals surface area contributed by atoms with Gasteiger partial charge >= 0.3 is 12.4 Å². The predicted octanol–water partition coefficient (Wildman–Crippen LogP) is 7.19. The number of thioether (sulfide) groups is 1. The summed E-state index contributed by atoms with van der Waals surface area (Å²) in [5, 5.41) is 9.27. The van der Waals surface area contributed by atoms with Gasteiger partial charge in [0.1, 0.15) is 12.1 Å². The fraction of sp³-hybridized carbons (Fsp3) is 0.194. The lowest BCUT2D eigenvalue weighted by Gasteiger charge is -2.30. The highest BCUT2D eigenvalue weighted by atomic mass is 32.2. The summed E-state index contributed by atoms with van der Waals surface area (Å²) < 4.78 is 42.6. The Morgan fingerprint density at radius 1 is 1.09 bits per heavy atom. The average Bonchev–Trinajstić information content (AvgIpc) is 3.63. The van der Waals surface area contributed by atoms with Crippen LogP contribution in [0.4, 0.5) is 23.7 Å². The zero-order valence-electron chi connectivity index (χ0n) is 23.8. The number of hydrogen-bond donors (Lipinski definition) is 1. The van der Waals surface area contributed by atoms with Crippen LogP contribution in [0.1, 0.15) is 36.5 Å². The fourth-order valence-corrected chi connectivity index (χ4v) is 5.95. The number of nitrogens with zero attached hydrogens (tertiary/aromatic N) is 6. The Morgan fingerprint density at radius 2 is 1.84 bits per heavy atom. The lowest BCUT2D eigenvalue weighted by Crippen LogP contribution is -2.29. The van der Waals surface area contributed by atoms with Crippen molar-refractivity contribution in [1.29, 1.82) is 0 Å². The molecule has 2 aliphatic rings. The molecule has 9 nitrogen and oxygen atoms in total. The van der Waals surface area contributed by atoms with Gasteiger partial charge in [0.25, 0.3) is 0 Å². The number of urea groups is 1. The molecule has 0 aliphatic carbocycles. The second-order valence-electron chi connectivity index (χ2n) is 10.3. The Morgan fingerprint density at radius 3 is 2.57 bits per heavy atom. The van der Waals surface area contributed by atoms with Crippen LogP contribution in [0.3, 0.4) is 0 Å². The molecule has 3 heterocycles. The molecule has 1 N–H and O–H groups in total. The fourth-order valence-electron chi connectivity index (χ4n) is 4.95. The summed E-state index contributed by atoms with van der Waals surface area (Å²) in [6.07, 6.45) is -1.07. The molecule has 1 unspecified atom stereocenters. The molecule has 0 spiro atoms. The number of rotatable bonds is 5. The molecule has 0 saturated carbocycles. The molecule has 0 radical (unpaired) electrons. The third-order valence-corrected chi connectivity index (χ3v) is 8.06. The number of nitrogens with one attached hydrogen (secondary N) is 1. The topological polar surface area (TPSA) is 97.0 Å². The SMILES string of the molecule is C/C(=N\NC(=O)/N=C1\SCC2=CC(C)c3ccc(C)cc3N21)c1ccc(-c2ncn(-c3ccc(OC(F)(F)F)cc3)n2)cc1. The predicted molar refractivity (Wildman–Crippen MR) is 164 cm³/mol. The number of ether oxygens (including phenoxy) is 1. The first kappa shape index (κ1) is 29.2. The largest absolute Gasteiger partial charge is 0.573 e. The van der Waals surface area contributed by atoms with Gasteiger partial charge in [0.05, 0.1) is 17.1 Å². The van der Waals surface area contributed by atoms with Gasteiger partial charge in [0.15, 0.2) is 11.0 Å². The monoisotopic (exact) mass is 617 g/mol. The van der Waals surface area contributed by atoms with Crippen LogP contribution in [-0.2, 0) is 0 Å². The Kier molecular flexibility index (Phi) is 7.72. The first-order chi connectivity index (χ1) is 21.0. The van der Waals surface area contributed by atoms with Crippen molar-refractivity contribution < 1.29 is 22.7 Å². The van der Waals surface area contributed by atoms with E-state index in [9.17, 15) is 18.0 Å². The van der Waals surface area contributed by atoms with Crippen molar-refractivity contribution >= 4 is 34.4 Å². The molecule has 2 amide bonds. The molecule has 1 atom stereocenters. The Hall–Kier alpha value is -4.91. The van der Waals surface area contributed by atoms with Crippen molar-refractivity contribution in [2.45, 2.75) is 33.1 Å². The summed E-state index contributed by atoms with van der Waals surface area (Å²) in [6.45, 7) is 5.99. The van der Waals surface area contributed by atoms with Gasteiger partial charge in [-0.1, -0.05) is 61.2 Å². The van der Waals surface area contributed by atoms with Crippen LogP contribution < -0.4 is 15.1 Å². The average molecular weight is 618 g/mol. The van der Waals surface area contributed by atoms with Crippen molar-refractivity contribution in [2.24, 2.45) is 10.1 Å². The number of amides is 2. The minimum atomic E-state index is -4.76. The van der Waals surface area contributed by atoms with Crippen molar-refractivity contribution in [2.75, 3.05) is 10.7 Å². The third-order valence-electron chi connectivity index (χ3n) is 7.09. The number of benzene rings is 3. The molecule has 1 aromatic heterocycles. The van der Waals surface area contributed by atoms with Crippen molar-refractivity contribution in [3.63, 3.8) is 0 Å². The number of alkyl halides is 3. The summed E-state index contributed by atoms with van der Waals surface area (Å²) in [7, 11) is 0. The smallest absolute Gasteiger partial charge is 0.406 e. The Bertz CT molecular complexity index is 1810. The highest BCUT2D eigenvalue weighted by molar-refractivity contribution is 8.14. The van der Waals surface area contributed by atoms with Crippen molar-refractivity contribution in [3.05, 3.63) is 102 Å². The van der Waals surface area contributed by atoms with Gasteiger partial charge in [-0.05, 0) is 60.9 Å². The summed E-state index contributed by atoms with van der Waals surface area (Å²) in [4.78, 5) is 23.4. The molecule has 1 fully saturated rings. The van der Waals surface area contributed by atoms with Gasteiger partial charge in [-0.15, -0.1) is 18.3 Å². The Balaban J connectivity index is 1.11. The molecule has 4 aromatic rings. The molecule has 44 heavy (non-hydrogen) atoms. The molecule has 13 heteroatoms. The minimum Gasteiger partial charge on any atom is -0.406 e.